The van der Waals surface area contributed by atoms with E-state index in [0.717, 1.165) is 0 Å². The first-order chi connectivity index (χ1) is 14.7. The minimum atomic E-state index is 0. The molecule has 2 unspecified atom stereocenters. The van der Waals surface area contributed by atoms with Crippen LogP contribution in [0.4, 0.5) is 0 Å². The summed E-state index contributed by atoms with van der Waals surface area (Å²) in [4.78, 5) is 0. The summed E-state index contributed by atoms with van der Waals surface area (Å²) in [6.45, 7) is 4.25. The van der Waals surface area contributed by atoms with Crippen LogP contribution in [0.5, 0.6) is 0 Å². The predicted octanol–water partition coefficient (Wildman–Crippen LogP) is 0.565. The Balaban J connectivity index is 0.000000199. The van der Waals surface area contributed by atoms with E-state index in [4.69, 9.17) is 0 Å². The van der Waals surface area contributed by atoms with E-state index in [-0.39, 0.29) is 24.8 Å². The molecule has 4 aliphatic rings. The summed E-state index contributed by atoms with van der Waals surface area (Å²) in [6, 6.07) is 13.2. The maximum Gasteiger partial charge on any atom is -1.00 e. The number of fused-ring (bicyclic) bond motifs is 6. The zero-order valence-corrected chi connectivity index (χ0v) is 22.2. The molecule has 0 aromatic heterocycles. The molecule has 0 bridgehead atoms. The smallest absolute Gasteiger partial charge is 1.00 e. The van der Waals surface area contributed by atoms with Crippen LogP contribution in [-0.2, 0) is 24.2 Å². The van der Waals surface area contributed by atoms with E-state index in [1.807, 2.05) is 0 Å². The molecule has 0 aliphatic heterocycles. The third-order valence-electron chi connectivity index (χ3n) is 5.70. The fourth-order valence-electron chi connectivity index (χ4n) is 4.28. The number of aryl methyl sites for hydroxylation is 2. The first-order valence-electron chi connectivity index (χ1n) is 10.2. The second-order valence-corrected chi connectivity index (χ2v) is 7.79. The van der Waals surface area contributed by atoms with E-state index in [1.165, 1.54) is 68.8 Å². The van der Waals surface area contributed by atoms with Crippen LogP contribution >= 0.6 is 0 Å². The van der Waals surface area contributed by atoms with Gasteiger partial charge in [0, 0.05) is 0 Å². The molecule has 6 rings (SSSR count). The molecule has 4 aliphatic carbocycles. The van der Waals surface area contributed by atoms with Crippen molar-refractivity contribution in [2.24, 2.45) is 0 Å². The van der Waals surface area contributed by atoms with Gasteiger partial charge in [-0.25, -0.2) is 0 Å². The van der Waals surface area contributed by atoms with Crippen molar-refractivity contribution in [2.45, 2.75) is 25.7 Å². The van der Waals surface area contributed by atoms with E-state index in [9.17, 15) is 0 Å². The van der Waals surface area contributed by atoms with Gasteiger partial charge in [0.1, 0.15) is 0 Å². The number of rotatable bonds is 0. The summed E-state index contributed by atoms with van der Waals surface area (Å²) >= 11 is 1.30. The van der Waals surface area contributed by atoms with Gasteiger partial charge in [0.25, 0.3) is 0 Å². The molecule has 0 fully saturated rings. The van der Waals surface area contributed by atoms with Gasteiger partial charge >= 0.3 is 28.4 Å². The average Bonchev–Trinajstić information content (AvgIpc) is 3.32. The molecule has 0 spiro atoms. The number of hydrogen-bond acceptors (Lipinski definition) is 0. The zero-order chi connectivity index (χ0) is 21.1. The molecule has 0 N–H and O–H groups in total. The van der Waals surface area contributed by atoms with Crippen LogP contribution in [0.1, 0.15) is 45.2 Å². The second kappa shape index (κ2) is 11.9. The standard InChI is InChI=1S/2C14H11.CH2.2ClH.Zr/c2*1-10-6-7-14-12(8-10)9-11-4-2-3-5-13(11)14;;;;/h2*2-8,13H,1H3;1H2;2*1H;/q2*-1;;;;+2/p-2. The molecule has 3 heteroatoms. The SMILES string of the molecule is Cc1ccc2c(c1)[C-]=C1C=CC=CC12.Cc1ccc2c(c1)[C-]=C1C=CC=CC12.[CH2]=[Zr+2].[Cl-].[Cl-]. The molecule has 0 saturated carbocycles. The van der Waals surface area contributed by atoms with Gasteiger partial charge in [-0.3, -0.25) is 0 Å². The van der Waals surface area contributed by atoms with Crippen molar-refractivity contribution in [3.8, 4) is 0 Å². The Kier molecular flexibility index (Phi) is 9.84. The van der Waals surface area contributed by atoms with E-state index < -0.39 is 0 Å². The molecule has 0 amide bonds. The van der Waals surface area contributed by atoms with E-state index in [0.29, 0.717) is 11.8 Å². The minimum Gasteiger partial charge on any atom is -1.00 e. The topological polar surface area (TPSA) is 0 Å². The molecule has 0 heterocycles. The van der Waals surface area contributed by atoms with Crippen LogP contribution in [0.15, 0.2) is 96.2 Å². The molecule has 2 aromatic rings. The number of halogens is 2. The summed E-state index contributed by atoms with van der Waals surface area (Å²) < 4.78 is 3.34. The van der Waals surface area contributed by atoms with Crippen LogP contribution in [-0.4, -0.2) is 4.21 Å². The fraction of sp³-hybridized carbons (Fsp3) is 0.138. The number of hydrogen-bond donors (Lipinski definition) is 0. The average molecular weight is 535 g/mol. The second-order valence-electron chi connectivity index (χ2n) is 7.79. The first kappa shape index (κ1) is 26.5. The minimum absolute atomic E-state index is 0. The van der Waals surface area contributed by atoms with Gasteiger partial charge in [-0.1, -0.05) is 47.6 Å². The monoisotopic (exact) mass is 532 g/mol. The van der Waals surface area contributed by atoms with Crippen LogP contribution in [0.3, 0.4) is 0 Å². The van der Waals surface area contributed by atoms with Gasteiger partial charge in [-0.2, -0.15) is 0 Å². The quantitative estimate of drug-likeness (QED) is 0.434. The van der Waals surface area contributed by atoms with Crippen LogP contribution < -0.4 is 24.8 Å². The Morgan fingerprint density at radius 1 is 0.656 bits per heavy atom. The van der Waals surface area contributed by atoms with Crippen molar-refractivity contribution in [1.29, 1.82) is 0 Å². The summed E-state index contributed by atoms with van der Waals surface area (Å²) in [5.74, 6) is 0.909. The summed E-state index contributed by atoms with van der Waals surface area (Å²) in [5, 5.41) is 0. The molecule has 2 aromatic carbocycles. The summed E-state index contributed by atoms with van der Waals surface area (Å²) in [6.07, 6.45) is 24.1. The Bertz CT molecular complexity index is 1070. The number of allylic oxidation sites excluding steroid dienone is 10. The molecule has 0 saturated heterocycles. The van der Waals surface area contributed by atoms with Crippen molar-refractivity contribution in [3.05, 3.63) is 142 Å². The Morgan fingerprint density at radius 2 is 1.06 bits per heavy atom. The third kappa shape index (κ3) is 5.40. The maximum atomic E-state index is 3.46. The van der Waals surface area contributed by atoms with Crippen molar-refractivity contribution >= 4 is 4.21 Å². The van der Waals surface area contributed by atoms with Gasteiger partial charge in [-0.15, -0.1) is 94.1 Å². The van der Waals surface area contributed by atoms with Gasteiger partial charge in [0.2, 0.25) is 0 Å². The van der Waals surface area contributed by atoms with Crippen molar-refractivity contribution in [1.82, 2.24) is 0 Å². The van der Waals surface area contributed by atoms with E-state index in [1.54, 1.807) is 0 Å². The van der Waals surface area contributed by atoms with Gasteiger partial charge in [0.05, 0.1) is 0 Å². The zero-order valence-electron chi connectivity index (χ0n) is 18.2. The van der Waals surface area contributed by atoms with Gasteiger partial charge < -0.3 is 24.8 Å². The van der Waals surface area contributed by atoms with Crippen LogP contribution in [0.2, 0.25) is 0 Å². The van der Waals surface area contributed by atoms with Gasteiger partial charge in [0.15, 0.2) is 0 Å². The Morgan fingerprint density at radius 3 is 1.47 bits per heavy atom. The molecule has 32 heavy (non-hydrogen) atoms. The Labute approximate surface area is 219 Å². The largest absolute Gasteiger partial charge is 1.00 e. The number of benzene rings is 2. The first-order valence-corrected chi connectivity index (χ1v) is 12.0. The third-order valence-corrected chi connectivity index (χ3v) is 5.70. The fourth-order valence-corrected chi connectivity index (χ4v) is 4.28. The molecule has 160 valence electrons. The molecular formula is C29H24Cl2Zr-2. The molecule has 0 nitrogen and oxygen atoms in total. The van der Waals surface area contributed by atoms with E-state index >= 15 is 0 Å². The normalized spacial score (nSPS) is 19.2. The molecular weight excluding hydrogens is 510 g/mol. The summed E-state index contributed by atoms with van der Waals surface area (Å²) in [5.41, 5.74) is 10.5. The van der Waals surface area contributed by atoms with Crippen molar-refractivity contribution in [2.75, 3.05) is 0 Å². The van der Waals surface area contributed by atoms with Gasteiger partial charge in [-0.05, 0) is 25.7 Å². The summed E-state index contributed by atoms with van der Waals surface area (Å²) in [7, 11) is 0. The van der Waals surface area contributed by atoms with E-state index in [2.05, 4.69) is 115 Å². The van der Waals surface area contributed by atoms with Crippen LogP contribution in [0.25, 0.3) is 0 Å². The molecule has 2 atom stereocenters. The van der Waals surface area contributed by atoms with Crippen molar-refractivity contribution < 1.29 is 49.0 Å². The van der Waals surface area contributed by atoms with Crippen molar-refractivity contribution in [3.63, 3.8) is 0 Å². The Hall–Kier alpha value is -1.79. The van der Waals surface area contributed by atoms with Crippen LogP contribution in [0, 0.1) is 26.0 Å². The predicted molar refractivity (Wildman–Crippen MR) is 123 cm³/mol. The maximum absolute atomic E-state index is 3.46. The molecule has 0 radical (unpaired) electrons.